The molecule has 0 saturated carbocycles. The molecule has 1 N–H and O–H groups in total. The average molecular weight is 268 g/mol. The van der Waals surface area contributed by atoms with Crippen molar-refractivity contribution in [2.45, 2.75) is 19.3 Å². The molecule has 4 rings (SSSR count). The third-order valence-electron chi connectivity index (χ3n) is 3.56. The summed E-state index contributed by atoms with van der Waals surface area (Å²) in [7, 11) is 0. The number of aromatic nitrogens is 4. The summed E-state index contributed by atoms with van der Waals surface area (Å²) < 4.78 is 2.65. The second-order valence-electron chi connectivity index (χ2n) is 4.77. The van der Waals surface area contributed by atoms with E-state index in [1.165, 1.54) is 5.56 Å². The Hall–Kier alpha value is -2.01. The number of fused-ring (bicyclic) bond motifs is 2. The SMILES string of the molecule is S=c1c2c(nc3nc(-c4ccccc4)[nH]n13)CCC2. The van der Waals surface area contributed by atoms with Crippen molar-refractivity contribution in [3.8, 4) is 11.4 Å². The van der Waals surface area contributed by atoms with Gasteiger partial charge >= 0.3 is 0 Å². The Bertz CT molecular complexity index is 817. The van der Waals surface area contributed by atoms with E-state index in [9.17, 15) is 0 Å². The van der Waals surface area contributed by atoms with E-state index in [-0.39, 0.29) is 0 Å². The molecule has 0 amide bonds. The Kier molecular flexibility index (Phi) is 2.29. The van der Waals surface area contributed by atoms with Crippen LogP contribution in [-0.2, 0) is 12.8 Å². The molecule has 0 radical (unpaired) electrons. The second kappa shape index (κ2) is 3.99. The van der Waals surface area contributed by atoms with Crippen molar-refractivity contribution in [3.05, 3.63) is 46.2 Å². The lowest BCUT2D eigenvalue weighted by atomic mass is 10.2. The van der Waals surface area contributed by atoms with Crippen molar-refractivity contribution in [2.75, 3.05) is 0 Å². The summed E-state index contributed by atoms with van der Waals surface area (Å²) in [6.45, 7) is 0. The molecule has 0 unspecified atom stereocenters. The average Bonchev–Trinajstić information content (AvgIpc) is 3.06. The minimum absolute atomic E-state index is 0.671. The molecule has 1 aliphatic rings. The number of rotatable bonds is 1. The van der Waals surface area contributed by atoms with Gasteiger partial charge in [0.2, 0.25) is 0 Å². The first-order valence-electron chi connectivity index (χ1n) is 6.39. The first-order valence-corrected chi connectivity index (χ1v) is 6.80. The third kappa shape index (κ3) is 1.62. The molecule has 4 nitrogen and oxygen atoms in total. The number of H-pyrrole nitrogens is 1. The van der Waals surface area contributed by atoms with Crippen LogP contribution in [0.3, 0.4) is 0 Å². The zero-order valence-corrected chi connectivity index (χ0v) is 11.1. The molecule has 0 atom stereocenters. The van der Waals surface area contributed by atoms with Gasteiger partial charge in [-0.05, 0) is 19.3 Å². The quantitative estimate of drug-likeness (QED) is 0.690. The number of nitrogens with one attached hydrogen (secondary N) is 1. The standard InChI is InChI=1S/C14H12N4S/c19-13-10-7-4-8-11(10)15-14-16-12(17-18(13)14)9-5-2-1-3-6-9/h1-3,5-6H,4,7-8H2,(H,15,16,17). The van der Waals surface area contributed by atoms with Gasteiger partial charge in [0.15, 0.2) is 5.82 Å². The van der Waals surface area contributed by atoms with E-state index in [2.05, 4.69) is 15.1 Å². The molecule has 94 valence electrons. The first-order chi connectivity index (χ1) is 9.33. The first kappa shape index (κ1) is 10.9. The normalized spacial score (nSPS) is 13.9. The lowest BCUT2D eigenvalue weighted by molar-refractivity contribution is 0.896. The largest absolute Gasteiger partial charge is 0.273 e. The highest BCUT2D eigenvalue weighted by Gasteiger charge is 2.17. The maximum atomic E-state index is 5.54. The topological polar surface area (TPSA) is 46.0 Å². The van der Waals surface area contributed by atoms with Crippen LogP contribution < -0.4 is 0 Å². The predicted molar refractivity (Wildman–Crippen MR) is 75.6 cm³/mol. The summed E-state index contributed by atoms with van der Waals surface area (Å²) in [4.78, 5) is 9.17. The molecule has 3 aromatic rings. The molecular weight excluding hydrogens is 256 g/mol. The monoisotopic (exact) mass is 268 g/mol. The van der Waals surface area contributed by atoms with E-state index in [1.807, 2.05) is 34.8 Å². The number of hydrogen-bond donors (Lipinski definition) is 1. The zero-order chi connectivity index (χ0) is 12.8. The number of aryl methyl sites for hydroxylation is 1. The molecule has 0 aliphatic heterocycles. The number of benzene rings is 1. The molecule has 0 saturated heterocycles. The van der Waals surface area contributed by atoms with Crippen LogP contribution >= 0.6 is 12.2 Å². The van der Waals surface area contributed by atoms with E-state index in [0.29, 0.717) is 5.78 Å². The maximum absolute atomic E-state index is 5.54. The highest BCUT2D eigenvalue weighted by atomic mass is 32.1. The van der Waals surface area contributed by atoms with Gasteiger partial charge in [-0.2, -0.15) is 4.98 Å². The van der Waals surface area contributed by atoms with Crippen LogP contribution in [0.4, 0.5) is 0 Å². The molecular formula is C14H12N4S. The number of aromatic amines is 1. The molecule has 1 aromatic carbocycles. The van der Waals surface area contributed by atoms with Crippen LogP contribution in [-0.4, -0.2) is 19.6 Å². The van der Waals surface area contributed by atoms with E-state index in [1.54, 1.807) is 0 Å². The van der Waals surface area contributed by atoms with Gasteiger partial charge in [-0.25, -0.2) is 9.50 Å². The smallest absolute Gasteiger partial charge is 0.252 e. The fourth-order valence-corrected chi connectivity index (χ4v) is 2.96. The molecule has 2 aromatic heterocycles. The maximum Gasteiger partial charge on any atom is 0.252 e. The molecule has 0 fully saturated rings. The number of hydrogen-bond acceptors (Lipinski definition) is 3. The Balaban J connectivity index is 1.99. The fourth-order valence-electron chi connectivity index (χ4n) is 2.61. The van der Waals surface area contributed by atoms with Crippen molar-refractivity contribution < 1.29 is 0 Å². The van der Waals surface area contributed by atoms with E-state index >= 15 is 0 Å². The lowest BCUT2D eigenvalue weighted by Crippen LogP contribution is -1.99. The summed E-state index contributed by atoms with van der Waals surface area (Å²) in [5, 5.41) is 3.25. The number of nitrogens with zero attached hydrogens (tertiary/aromatic N) is 3. The predicted octanol–water partition coefficient (Wildman–Crippen LogP) is 2.94. The van der Waals surface area contributed by atoms with Gasteiger partial charge in [0.25, 0.3) is 5.78 Å². The third-order valence-corrected chi connectivity index (χ3v) is 3.99. The van der Waals surface area contributed by atoms with Gasteiger partial charge in [-0.1, -0.05) is 42.5 Å². The van der Waals surface area contributed by atoms with Crippen LogP contribution in [0.5, 0.6) is 0 Å². The Morgan fingerprint density at radius 1 is 1.11 bits per heavy atom. The Morgan fingerprint density at radius 3 is 2.79 bits per heavy atom. The Morgan fingerprint density at radius 2 is 1.95 bits per heavy atom. The van der Waals surface area contributed by atoms with Crippen LogP contribution in [0.25, 0.3) is 17.2 Å². The van der Waals surface area contributed by atoms with Gasteiger partial charge < -0.3 is 0 Å². The molecule has 0 spiro atoms. The molecule has 2 heterocycles. The highest BCUT2D eigenvalue weighted by Crippen LogP contribution is 2.23. The van der Waals surface area contributed by atoms with Crippen molar-refractivity contribution in [2.24, 2.45) is 0 Å². The summed E-state index contributed by atoms with van der Waals surface area (Å²) in [5.41, 5.74) is 3.37. The van der Waals surface area contributed by atoms with E-state index < -0.39 is 0 Å². The summed E-state index contributed by atoms with van der Waals surface area (Å²) >= 11 is 5.54. The van der Waals surface area contributed by atoms with Gasteiger partial charge in [-0.15, -0.1) is 0 Å². The van der Waals surface area contributed by atoms with Gasteiger partial charge in [-0.3, -0.25) is 5.10 Å². The summed E-state index contributed by atoms with van der Waals surface area (Å²) in [6, 6.07) is 10.0. The minimum Gasteiger partial charge on any atom is -0.273 e. The van der Waals surface area contributed by atoms with Gasteiger partial charge in [0.05, 0.1) is 5.69 Å². The fraction of sp³-hybridized carbons (Fsp3) is 0.214. The van der Waals surface area contributed by atoms with Crippen molar-refractivity contribution in [3.63, 3.8) is 0 Å². The molecule has 1 aliphatic carbocycles. The highest BCUT2D eigenvalue weighted by molar-refractivity contribution is 7.71. The van der Waals surface area contributed by atoms with E-state index in [0.717, 1.165) is 41.0 Å². The van der Waals surface area contributed by atoms with Crippen LogP contribution in [0.1, 0.15) is 17.7 Å². The van der Waals surface area contributed by atoms with Crippen LogP contribution in [0, 0.1) is 4.64 Å². The lowest BCUT2D eigenvalue weighted by Gasteiger charge is -1.99. The molecule has 19 heavy (non-hydrogen) atoms. The Labute approximate surface area is 115 Å². The van der Waals surface area contributed by atoms with Crippen molar-refractivity contribution in [1.29, 1.82) is 0 Å². The zero-order valence-electron chi connectivity index (χ0n) is 10.3. The molecule has 5 heteroatoms. The summed E-state index contributed by atoms with van der Waals surface area (Å²) in [5.74, 6) is 1.48. The molecule has 0 bridgehead atoms. The van der Waals surface area contributed by atoms with Crippen LogP contribution in [0.15, 0.2) is 30.3 Å². The van der Waals surface area contributed by atoms with Crippen molar-refractivity contribution >= 4 is 18.0 Å². The van der Waals surface area contributed by atoms with E-state index in [4.69, 9.17) is 12.2 Å². The van der Waals surface area contributed by atoms with Crippen LogP contribution in [0.2, 0.25) is 0 Å². The second-order valence-corrected chi connectivity index (χ2v) is 5.16. The summed E-state index contributed by atoms with van der Waals surface area (Å²) in [6.07, 6.45) is 3.19. The van der Waals surface area contributed by atoms with Gasteiger partial charge in [0.1, 0.15) is 4.64 Å². The minimum atomic E-state index is 0.671. The van der Waals surface area contributed by atoms with Gasteiger partial charge in [0, 0.05) is 11.1 Å². The van der Waals surface area contributed by atoms with Crippen molar-refractivity contribution in [1.82, 2.24) is 19.6 Å².